The lowest BCUT2D eigenvalue weighted by molar-refractivity contribution is -0.0286. The summed E-state index contributed by atoms with van der Waals surface area (Å²) in [4.78, 5) is 33.3. The van der Waals surface area contributed by atoms with Crippen LogP contribution in [0.2, 0.25) is 0 Å². The molecule has 0 radical (unpaired) electrons. The number of aromatic amines is 1. The third-order valence-electron chi connectivity index (χ3n) is 7.43. The Kier molecular flexibility index (Phi) is 7.22. The number of aryl methyl sites for hydroxylation is 1. The third-order valence-corrected chi connectivity index (χ3v) is 7.43. The Balaban J connectivity index is 1.42. The van der Waals surface area contributed by atoms with Gasteiger partial charge in [0.1, 0.15) is 5.56 Å². The van der Waals surface area contributed by atoms with Crippen molar-refractivity contribution >= 4 is 16.8 Å². The number of carbonyl (C=O) groups excluding carboxylic acids is 1. The highest BCUT2D eigenvalue weighted by Crippen LogP contribution is 2.25. The van der Waals surface area contributed by atoms with Gasteiger partial charge in [-0.2, -0.15) is 0 Å². The maximum Gasteiger partial charge on any atom is 0.261 e. The van der Waals surface area contributed by atoms with Crippen molar-refractivity contribution in [3.63, 3.8) is 0 Å². The van der Waals surface area contributed by atoms with E-state index in [0.29, 0.717) is 12.5 Å². The van der Waals surface area contributed by atoms with Gasteiger partial charge in [0.05, 0.1) is 5.60 Å². The minimum atomic E-state index is -0.576. The molecular formula is C26H38N4O3. The zero-order valence-corrected chi connectivity index (χ0v) is 20.2. The van der Waals surface area contributed by atoms with E-state index in [-0.39, 0.29) is 23.1 Å². The fourth-order valence-corrected chi connectivity index (χ4v) is 5.29. The van der Waals surface area contributed by atoms with Crippen LogP contribution in [-0.2, 0) is 0 Å². The molecule has 180 valence electrons. The average Bonchev–Trinajstić information content (AvgIpc) is 2.78. The number of hydrogen-bond donors (Lipinski definition) is 3. The topological polar surface area (TPSA) is 88.7 Å². The maximum atomic E-state index is 13.5. The van der Waals surface area contributed by atoms with E-state index in [1.54, 1.807) is 6.07 Å². The lowest BCUT2D eigenvalue weighted by atomic mass is 9.89. The van der Waals surface area contributed by atoms with E-state index in [4.69, 9.17) is 0 Å². The van der Waals surface area contributed by atoms with Crippen LogP contribution in [0.3, 0.4) is 0 Å². The number of aliphatic hydroxyl groups is 1. The number of carbonyl (C=O) groups is 1. The van der Waals surface area contributed by atoms with Gasteiger partial charge in [-0.1, -0.05) is 12.1 Å². The van der Waals surface area contributed by atoms with Gasteiger partial charge in [-0.3, -0.25) is 9.59 Å². The summed E-state index contributed by atoms with van der Waals surface area (Å²) in [6.07, 6.45) is 3.61. The van der Waals surface area contributed by atoms with Crippen molar-refractivity contribution in [1.29, 1.82) is 0 Å². The van der Waals surface area contributed by atoms with Crippen LogP contribution in [0.5, 0.6) is 0 Å². The van der Waals surface area contributed by atoms with E-state index >= 15 is 0 Å². The van der Waals surface area contributed by atoms with Gasteiger partial charge in [0.25, 0.3) is 11.5 Å². The molecular weight excluding hydrogens is 416 g/mol. The largest absolute Gasteiger partial charge is 0.388 e. The summed E-state index contributed by atoms with van der Waals surface area (Å²) in [5.74, 6) is 0.208. The molecule has 3 N–H and O–H groups in total. The molecule has 7 nitrogen and oxygen atoms in total. The zero-order valence-electron chi connectivity index (χ0n) is 20.2. The minimum absolute atomic E-state index is 0.0120. The van der Waals surface area contributed by atoms with Crippen molar-refractivity contribution in [2.75, 3.05) is 39.3 Å². The van der Waals surface area contributed by atoms with Gasteiger partial charge in [0, 0.05) is 30.0 Å². The normalized spacial score (nSPS) is 19.8. The standard InChI is InChI=1S/C26H38N4O3/c1-18(2)30(25(32)22-15-21-19(3)5-4-6-23(21)28-24(22)31)16-20-7-13-29(14-8-20)17-26(33)9-11-27-12-10-26/h4-6,15,18,20,27,33H,7-14,16-17H2,1-3H3,(H,28,31). The summed E-state index contributed by atoms with van der Waals surface area (Å²) >= 11 is 0. The Hall–Kier alpha value is -2.22. The molecule has 2 fully saturated rings. The minimum Gasteiger partial charge on any atom is -0.388 e. The summed E-state index contributed by atoms with van der Waals surface area (Å²) in [5, 5.41) is 15.1. The number of piperidine rings is 2. The van der Waals surface area contributed by atoms with Gasteiger partial charge in [-0.05, 0) is 96.2 Å². The fourth-order valence-electron chi connectivity index (χ4n) is 5.29. The van der Waals surface area contributed by atoms with Gasteiger partial charge >= 0.3 is 0 Å². The first-order chi connectivity index (χ1) is 15.8. The summed E-state index contributed by atoms with van der Waals surface area (Å²) in [5.41, 5.74) is 1.12. The van der Waals surface area contributed by atoms with Crippen LogP contribution in [0.1, 0.15) is 55.5 Å². The highest BCUT2D eigenvalue weighted by atomic mass is 16.3. The number of pyridine rings is 1. The van der Waals surface area contributed by atoms with Crippen LogP contribution < -0.4 is 10.9 Å². The lowest BCUT2D eigenvalue weighted by Gasteiger charge is -2.41. The molecule has 3 heterocycles. The van der Waals surface area contributed by atoms with E-state index in [0.717, 1.165) is 74.9 Å². The van der Waals surface area contributed by atoms with Gasteiger partial charge < -0.3 is 25.2 Å². The number of nitrogens with zero attached hydrogens (tertiary/aromatic N) is 2. The van der Waals surface area contributed by atoms with Crippen LogP contribution in [0.4, 0.5) is 0 Å². The number of aromatic nitrogens is 1. The molecule has 7 heteroatoms. The molecule has 4 rings (SSSR count). The Morgan fingerprint density at radius 2 is 1.94 bits per heavy atom. The highest BCUT2D eigenvalue weighted by Gasteiger charge is 2.33. The van der Waals surface area contributed by atoms with Gasteiger partial charge in [-0.25, -0.2) is 0 Å². The summed E-state index contributed by atoms with van der Waals surface area (Å²) in [6, 6.07) is 7.53. The molecule has 2 aliphatic heterocycles. The monoisotopic (exact) mass is 454 g/mol. The van der Waals surface area contributed by atoms with E-state index < -0.39 is 5.60 Å². The number of β-amino-alcohol motifs (C(OH)–C–C–N with tert-alkyl or cyclic N) is 1. The van der Waals surface area contributed by atoms with E-state index in [9.17, 15) is 14.7 Å². The van der Waals surface area contributed by atoms with E-state index in [1.807, 2.05) is 43.9 Å². The Morgan fingerprint density at radius 3 is 2.61 bits per heavy atom. The number of amides is 1. The van der Waals surface area contributed by atoms with E-state index in [2.05, 4.69) is 15.2 Å². The van der Waals surface area contributed by atoms with Crippen molar-refractivity contribution in [1.82, 2.24) is 20.1 Å². The van der Waals surface area contributed by atoms with Crippen molar-refractivity contribution < 1.29 is 9.90 Å². The number of H-pyrrole nitrogens is 1. The van der Waals surface area contributed by atoms with Gasteiger partial charge in [-0.15, -0.1) is 0 Å². The first kappa shape index (κ1) is 23.9. The number of hydrogen-bond acceptors (Lipinski definition) is 5. The molecule has 1 amide bonds. The SMILES string of the molecule is Cc1cccc2[nH]c(=O)c(C(=O)N(CC3CCN(CC4(O)CCNCC4)CC3)C(C)C)cc12. The molecule has 2 saturated heterocycles. The van der Waals surface area contributed by atoms with Crippen LogP contribution >= 0.6 is 0 Å². The van der Waals surface area contributed by atoms with Crippen molar-refractivity contribution in [3.8, 4) is 0 Å². The molecule has 1 aromatic heterocycles. The quantitative estimate of drug-likeness (QED) is 0.624. The van der Waals surface area contributed by atoms with Crippen molar-refractivity contribution in [2.45, 2.75) is 58.1 Å². The predicted octanol–water partition coefficient (Wildman–Crippen LogP) is 2.51. The van der Waals surface area contributed by atoms with Gasteiger partial charge in [0.2, 0.25) is 0 Å². The van der Waals surface area contributed by atoms with Crippen LogP contribution in [0.15, 0.2) is 29.1 Å². The van der Waals surface area contributed by atoms with Gasteiger partial charge in [0.15, 0.2) is 0 Å². The Bertz CT molecular complexity index is 1030. The molecule has 2 aromatic rings. The highest BCUT2D eigenvalue weighted by molar-refractivity contribution is 5.98. The molecule has 0 atom stereocenters. The first-order valence-corrected chi connectivity index (χ1v) is 12.3. The number of rotatable bonds is 6. The van der Waals surface area contributed by atoms with Crippen molar-refractivity contribution in [3.05, 3.63) is 45.7 Å². The number of fused-ring (bicyclic) bond motifs is 1. The molecule has 0 aliphatic carbocycles. The average molecular weight is 455 g/mol. The van der Waals surface area contributed by atoms with Crippen molar-refractivity contribution in [2.24, 2.45) is 5.92 Å². The predicted molar refractivity (Wildman–Crippen MR) is 132 cm³/mol. The van der Waals surface area contributed by atoms with Crippen LogP contribution in [0, 0.1) is 12.8 Å². The molecule has 33 heavy (non-hydrogen) atoms. The Labute approximate surface area is 196 Å². The smallest absolute Gasteiger partial charge is 0.261 e. The summed E-state index contributed by atoms with van der Waals surface area (Å²) < 4.78 is 0. The summed E-state index contributed by atoms with van der Waals surface area (Å²) in [6.45, 7) is 11.1. The van der Waals surface area contributed by atoms with Crippen LogP contribution in [-0.4, -0.2) is 76.7 Å². The zero-order chi connectivity index (χ0) is 23.6. The third kappa shape index (κ3) is 5.48. The number of nitrogens with one attached hydrogen (secondary N) is 2. The second-order valence-electron chi connectivity index (χ2n) is 10.3. The number of benzene rings is 1. The fraction of sp³-hybridized carbons (Fsp3) is 0.615. The van der Waals surface area contributed by atoms with Crippen LogP contribution in [0.25, 0.3) is 10.9 Å². The van der Waals surface area contributed by atoms with E-state index in [1.165, 1.54) is 0 Å². The number of likely N-dealkylation sites (tertiary alicyclic amines) is 1. The summed E-state index contributed by atoms with van der Waals surface area (Å²) in [7, 11) is 0. The molecule has 2 aliphatic rings. The molecule has 0 spiro atoms. The molecule has 0 bridgehead atoms. The first-order valence-electron chi connectivity index (χ1n) is 12.3. The lowest BCUT2D eigenvalue weighted by Crippen LogP contribution is -2.52. The molecule has 0 unspecified atom stereocenters. The molecule has 1 aromatic carbocycles. The molecule has 0 saturated carbocycles. The Morgan fingerprint density at radius 1 is 1.24 bits per heavy atom. The maximum absolute atomic E-state index is 13.5. The second kappa shape index (κ2) is 9.95. The second-order valence-corrected chi connectivity index (χ2v) is 10.3.